The van der Waals surface area contributed by atoms with Crippen molar-refractivity contribution in [1.82, 2.24) is 5.32 Å². The Hall–Kier alpha value is -1.14. The highest BCUT2D eigenvalue weighted by Crippen LogP contribution is 2.20. The van der Waals surface area contributed by atoms with Crippen molar-refractivity contribution in [3.8, 4) is 0 Å². The second kappa shape index (κ2) is 5.01. The summed E-state index contributed by atoms with van der Waals surface area (Å²) in [6.45, 7) is 2.33. The van der Waals surface area contributed by atoms with E-state index in [4.69, 9.17) is 14.6 Å². The summed E-state index contributed by atoms with van der Waals surface area (Å²) in [7, 11) is 0. The fourth-order valence-corrected chi connectivity index (χ4v) is 2.21. The summed E-state index contributed by atoms with van der Waals surface area (Å²) in [5.74, 6) is -1.82. The standard InChI is InChI=1S/C11H17NO5/c1-6-2-3-9(17-6)10(13)12-8-5-16-4-7(8)11(14)15/h6-9H,2-5H2,1H3,(H,12,13)(H,14,15). The molecule has 0 aromatic rings. The molecule has 0 bridgehead atoms. The molecule has 0 aromatic carbocycles. The van der Waals surface area contributed by atoms with Gasteiger partial charge in [0.15, 0.2) is 0 Å². The van der Waals surface area contributed by atoms with E-state index < -0.39 is 24.0 Å². The molecule has 4 atom stereocenters. The SMILES string of the molecule is CC1CCC(C(=O)NC2COCC2C(=O)O)O1. The van der Waals surface area contributed by atoms with Crippen LogP contribution in [0.1, 0.15) is 19.8 Å². The molecule has 0 spiro atoms. The first-order valence-electron chi connectivity index (χ1n) is 5.84. The average molecular weight is 243 g/mol. The van der Waals surface area contributed by atoms with Gasteiger partial charge < -0.3 is 19.9 Å². The molecule has 0 saturated carbocycles. The van der Waals surface area contributed by atoms with E-state index >= 15 is 0 Å². The summed E-state index contributed by atoms with van der Waals surface area (Å²) >= 11 is 0. The highest BCUT2D eigenvalue weighted by Gasteiger charge is 2.37. The Balaban J connectivity index is 1.88. The van der Waals surface area contributed by atoms with E-state index in [-0.39, 0.29) is 25.2 Å². The summed E-state index contributed by atoms with van der Waals surface area (Å²) in [6, 6.07) is -0.445. The van der Waals surface area contributed by atoms with Gasteiger partial charge in [0.2, 0.25) is 5.91 Å². The van der Waals surface area contributed by atoms with Gasteiger partial charge in [0.05, 0.1) is 25.4 Å². The molecule has 2 aliphatic heterocycles. The lowest BCUT2D eigenvalue weighted by molar-refractivity contribution is -0.142. The molecule has 4 unspecified atom stereocenters. The van der Waals surface area contributed by atoms with Crippen molar-refractivity contribution < 1.29 is 24.2 Å². The number of rotatable bonds is 3. The molecule has 0 aliphatic carbocycles. The highest BCUT2D eigenvalue weighted by atomic mass is 16.5. The zero-order chi connectivity index (χ0) is 12.4. The van der Waals surface area contributed by atoms with Crippen molar-refractivity contribution in [2.24, 2.45) is 5.92 Å². The van der Waals surface area contributed by atoms with Crippen LogP contribution in [-0.2, 0) is 19.1 Å². The average Bonchev–Trinajstić information content (AvgIpc) is 2.86. The molecule has 96 valence electrons. The Bertz CT molecular complexity index is 319. The first-order chi connectivity index (χ1) is 8.08. The van der Waals surface area contributed by atoms with Gasteiger partial charge in [0.25, 0.3) is 0 Å². The fraction of sp³-hybridized carbons (Fsp3) is 0.818. The van der Waals surface area contributed by atoms with Gasteiger partial charge in [-0.1, -0.05) is 0 Å². The number of carbonyl (C=O) groups excluding carboxylic acids is 1. The largest absolute Gasteiger partial charge is 0.481 e. The predicted molar refractivity (Wildman–Crippen MR) is 57.4 cm³/mol. The third kappa shape index (κ3) is 2.76. The van der Waals surface area contributed by atoms with Gasteiger partial charge in [0, 0.05) is 0 Å². The Morgan fingerprint density at radius 1 is 1.29 bits per heavy atom. The van der Waals surface area contributed by atoms with E-state index in [1.165, 1.54) is 0 Å². The van der Waals surface area contributed by atoms with Gasteiger partial charge in [-0.3, -0.25) is 9.59 Å². The zero-order valence-corrected chi connectivity index (χ0v) is 9.72. The van der Waals surface area contributed by atoms with Crippen LogP contribution >= 0.6 is 0 Å². The van der Waals surface area contributed by atoms with E-state index in [9.17, 15) is 9.59 Å². The van der Waals surface area contributed by atoms with E-state index in [0.717, 1.165) is 6.42 Å². The van der Waals surface area contributed by atoms with Crippen LogP contribution < -0.4 is 5.32 Å². The van der Waals surface area contributed by atoms with E-state index in [2.05, 4.69) is 5.32 Å². The summed E-state index contributed by atoms with van der Waals surface area (Å²) in [4.78, 5) is 22.7. The molecule has 0 aromatic heterocycles. The van der Waals surface area contributed by atoms with Gasteiger partial charge in [-0.15, -0.1) is 0 Å². The molecule has 6 heteroatoms. The molecule has 6 nitrogen and oxygen atoms in total. The molecule has 1 amide bonds. The van der Waals surface area contributed by atoms with Crippen molar-refractivity contribution in [2.45, 2.75) is 38.0 Å². The van der Waals surface area contributed by atoms with Crippen molar-refractivity contribution in [2.75, 3.05) is 13.2 Å². The number of hydrogen-bond acceptors (Lipinski definition) is 4. The molecule has 2 rings (SSSR count). The van der Waals surface area contributed by atoms with Gasteiger partial charge in [-0.2, -0.15) is 0 Å². The molecule has 2 N–H and O–H groups in total. The molecule has 2 fully saturated rings. The third-order valence-electron chi connectivity index (χ3n) is 3.25. The Labute approximate surface area is 99.3 Å². The normalized spacial score (nSPS) is 37.0. The summed E-state index contributed by atoms with van der Waals surface area (Å²) in [5, 5.41) is 11.6. The van der Waals surface area contributed by atoms with E-state index in [0.29, 0.717) is 6.42 Å². The molecule has 2 heterocycles. The lowest BCUT2D eigenvalue weighted by atomic mass is 10.0. The van der Waals surface area contributed by atoms with Crippen LogP contribution in [0.15, 0.2) is 0 Å². The zero-order valence-electron chi connectivity index (χ0n) is 9.72. The third-order valence-corrected chi connectivity index (χ3v) is 3.25. The van der Waals surface area contributed by atoms with Crippen LogP contribution in [0.4, 0.5) is 0 Å². The second-order valence-electron chi connectivity index (χ2n) is 4.61. The smallest absolute Gasteiger partial charge is 0.311 e. The van der Waals surface area contributed by atoms with Crippen molar-refractivity contribution in [3.63, 3.8) is 0 Å². The number of carbonyl (C=O) groups is 2. The minimum atomic E-state index is -0.937. The summed E-state index contributed by atoms with van der Waals surface area (Å²) < 4.78 is 10.5. The number of carboxylic acid groups (broad SMARTS) is 1. The first-order valence-corrected chi connectivity index (χ1v) is 5.84. The van der Waals surface area contributed by atoms with Gasteiger partial charge in [-0.25, -0.2) is 0 Å². The Kier molecular flexibility index (Phi) is 3.63. The fourth-order valence-electron chi connectivity index (χ4n) is 2.21. The maximum atomic E-state index is 11.8. The number of ether oxygens (including phenoxy) is 2. The number of carboxylic acids is 1. The topological polar surface area (TPSA) is 84.9 Å². The van der Waals surface area contributed by atoms with Gasteiger partial charge >= 0.3 is 5.97 Å². The maximum absolute atomic E-state index is 11.8. The highest BCUT2D eigenvalue weighted by molar-refractivity contribution is 5.82. The lowest BCUT2D eigenvalue weighted by Gasteiger charge is -2.18. The summed E-state index contributed by atoms with van der Waals surface area (Å²) in [5.41, 5.74) is 0. The Morgan fingerprint density at radius 3 is 2.65 bits per heavy atom. The number of nitrogens with one attached hydrogen (secondary N) is 1. The van der Waals surface area contributed by atoms with Crippen LogP contribution in [0.5, 0.6) is 0 Å². The van der Waals surface area contributed by atoms with Crippen molar-refractivity contribution in [3.05, 3.63) is 0 Å². The van der Waals surface area contributed by atoms with E-state index in [1.807, 2.05) is 6.92 Å². The summed E-state index contributed by atoms with van der Waals surface area (Å²) in [6.07, 6.45) is 1.21. The molecule has 0 radical (unpaired) electrons. The van der Waals surface area contributed by atoms with Gasteiger partial charge in [-0.05, 0) is 19.8 Å². The lowest BCUT2D eigenvalue weighted by Crippen LogP contribution is -2.46. The van der Waals surface area contributed by atoms with Crippen LogP contribution in [0.25, 0.3) is 0 Å². The van der Waals surface area contributed by atoms with Crippen LogP contribution in [0.2, 0.25) is 0 Å². The first kappa shape index (κ1) is 12.3. The number of amides is 1. The van der Waals surface area contributed by atoms with Crippen LogP contribution in [0, 0.1) is 5.92 Å². The Morgan fingerprint density at radius 2 is 2.06 bits per heavy atom. The van der Waals surface area contributed by atoms with Crippen molar-refractivity contribution >= 4 is 11.9 Å². The van der Waals surface area contributed by atoms with Gasteiger partial charge in [0.1, 0.15) is 12.0 Å². The maximum Gasteiger partial charge on any atom is 0.311 e. The monoisotopic (exact) mass is 243 g/mol. The van der Waals surface area contributed by atoms with E-state index in [1.54, 1.807) is 0 Å². The van der Waals surface area contributed by atoms with Crippen LogP contribution in [0.3, 0.4) is 0 Å². The van der Waals surface area contributed by atoms with Crippen molar-refractivity contribution in [1.29, 1.82) is 0 Å². The predicted octanol–water partition coefficient (Wildman–Crippen LogP) is -0.230. The number of hydrogen-bond donors (Lipinski definition) is 2. The molecule has 17 heavy (non-hydrogen) atoms. The number of aliphatic carboxylic acids is 1. The minimum absolute atomic E-state index is 0.0980. The minimum Gasteiger partial charge on any atom is -0.481 e. The molecule has 2 aliphatic rings. The quantitative estimate of drug-likeness (QED) is 0.715. The molecular weight excluding hydrogens is 226 g/mol. The van der Waals surface area contributed by atoms with Crippen LogP contribution in [-0.4, -0.2) is 48.4 Å². The molecular formula is C11H17NO5. The molecule has 2 saturated heterocycles. The second-order valence-corrected chi connectivity index (χ2v) is 4.61.